The number of aryl methyl sites for hydroxylation is 1. The maximum atomic E-state index is 13.3. The lowest BCUT2D eigenvalue weighted by Gasteiger charge is -2.20. The monoisotopic (exact) mass is 477 g/mol. The Morgan fingerprint density at radius 1 is 0.944 bits per heavy atom. The van der Waals surface area contributed by atoms with E-state index in [4.69, 9.17) is 6.42 Å². The molecular weight excluding hydrogens is 450 g/mol. The van der Waals surface area contributed by atoms with Gasteiger partial charge in [0, 0.05) is 28.6 Å². The number of pyridine rings is 1. The highest BCUT2D eigenvalue weighted by Gasteiger charge is 2.21. The lowest BCUT2D eigenvalue weighted by atomic mass is 10.00. The van der Waals surface area contributed by atoms with Gasteiger partial charge in [-0.3, -0.25) is 14.4 Å². The van der Waals surface area contributed by atoms with E-state index in [0.29, 0.717) is 41.6 Å². The van der Waals surface area contributed by atoms with Crippen LogP contribution < -0.4 is 16.2 Å². The summed E-state index contributed by atoms with van der Waals surface area (Å²) in [5.41, 5.74) is 3.21. The largest absolute Gasteiger partial charge is 0.352 e. The Bertz CT molecular complexity index is 1480. The average Bonchev–Trinajstić information content (AvgIpc) is 2.90. The van der Waals surface area contributed by atoms with Gasteiger partial charge in [0.2, 0.25) is 0 Å². The molecule has 0 radical (unpaired) electrons. The zero-order valence-corrected chi connectivity index (χ0v) is 20.0. The van der Waals surface area contributed by atoms with Crippen LogP contribution in [-0.4, -0.2) is 23.3 Å². The number of fused-ring (bicyclic) bond motifs is 1. The second-order valence-corrected chi connectivity index (χ2v) is 8.56. The number of amides is 2. The van der Waals surface area contributed by atoms with Crippen LogP contribution in [0.1, 0.15) is 56.3 Å². The molecule has 0 bridgehead atoms. The Labute approximate surface area is 209 Å². The molecule has 0 saturated heterocycles. The van der Waals surface area contributed by atoms with Gasteiger partial charge in [-0.05, 0) is 61.2 Å². The summed E-state index contributed by atoms with van der Waals surface area (Å²) in [7, 11) is 0. The Kier molecular flexibility index (Phi) is 7.62. The van der Waals surface area contributed by atoms with Crippen molar-refractivity contribution in [3.63, 3.8) is 0 Å². The van der Waals surface area contributed by atoms with E-state index in [1.165, 1.54) is 0 Å². The SMILES string of the molecule is C#Cc1ccc(C(=O)NCCCC(NC(=O)c2c(C)c3ccccc3[nH]c2=O)c2ccccc2)cc1. The first kappa shape index (κ1) is 24.5. The van der Waals surface area contributed by atoms with Crippen molar-refractivity contribution in [2.24, 2.45) is 0 Å². The van der Waals surface area contributed by atoms with Gasteiger partial charge in [0.05, 0.1) is 6.04 Å². The summed E-state index contributed by atoms with van der Waals surface area (Å²) in [4.78, 5) is 41.3. The van der Waals surface area contributed by atoms with Gasteiger partial charge in [-0.2, -0.15) is 0 Å². The van der Waals surface area contributed by atoms with E-state index in [0.717, 1.165) is 10.9 Å². The molecule has 0 fully saturated rings. The van der Waals surface area contributed by atoms with E-state index in [2.05, 4.69) is 21.5 Å². The van der Waals surface area contributed by atoms with E-state index < -0.39 is 11.5 Å². The number of aromatic nitrogens is 1. The number of aromatic amines is 1. The molecule has 0 aliphatic heterocycles. The van der Waals surface area contributed by atoms with Crippen molar-refractivity contribution < 1.29 is 9.59 Å². The van der Waals surface area contributed by atoms with Crippen LogP contribution in [0, 0.1) is 19.3 Å². The highest BCUT2D eigenvalue weighted by Crippen LogP contribution is 2.21. The number of carbonyl (C=O) groups excluding carboxylic acids is 2. The van der Waals surface area contributed by atoms with E-state index in [-0.39, 0.29) is 17.5 Å². The molecule has 4 aromatic rings. The number of rotatable bonds is 8. The molecule has 1 unspecified atom stereocenters. The summed E-state index contributed by atoms with van der Waals surface area (Å²) in [5, 5.41) is 6.78. The minimum Gasteiger partial charge on any atom is -0.352 e. The van der Waals surface area contributed by atoms with Gasteiger partial charge in [0.15, 0.2) is 0 Å². The lowest BCUT2D eigenvalue weighted by molar-refractivity contribution is 0.0923. The van der Waals surface area contributed by atoms with Gasteiger partial charge in [0.25, 0.3) is 17.4 Å². The van der Waals surface area contributed by atoms with Crippen molar-refractivity contribution in [3.8, 4) is 12.3 Å². The first-order valence-electron chi connectivity index (χ1n) is 11.8. The molecule has 2 amide bonds. The molecule has 180 valence electrons. The third kappa shape index (κ3) is 5.53. The number of hydrogen-bond donors (Lipinski definition) is 3. The number of hydrogen-bond acceptors (Lipinski definition) is 3. The Balaban J connectivity index is 1.45. The van der Waals surface area contributed by atoms with Crippen LogP contribution in [0.3, 0.4) is 0 Å². The van der Waals surface area contributed by atoms with Crippen molar-refractivity contribution in [1.82, 2.24) is 15.6 Å². The topological polar surface area (TPSA) is 91.1 Å². The first-order valence-corrected chi connectivity index (χ1v) is 11.8. The van der Waals surface area contributed by atoms with Crippen LogP contribution in [0.5, 0.6) is 0 Å². The maximum absolute atomic E-state index is 13.3. The second-order valence-electron chi connectivity index (χ2n) is 8.56. The lowest BCUT2D eigenvalue weighted by Crippen LogP contribution is -2.34. The smallest absolute Gasteiger partial charge is 0.261 e. The molecule has 1 aromatic heterocycles. The number of H-pyrrole nitrogens is 1. The van der Waals surface area contributed by atoms with Crippen molar-refractivity contribution in [2.45, 2.75) is 25.8 Å². The summed E-state index contributed by atoms with van der Waals surface area (Å²) >= 11 is 0. The summed E-state index contributed by atoms with van der Waals surface area (Å²) in [6, 6.07) is 23.5. The molecule has 0 spiro atoms. The zero-order valence-electron chi connectivity index (χ0n) is 20.0. The molecule has 0 aliphatic rings. The third-order valence-electron chi connectivity index (χ3n) is 6.18. The average molecular weight is 478 g/mol. The minimum absolute atomic E-state index is 0.110. The molecular formula is C30H27N3O3. The minimum atomic E-state index is -0.425. The Morgan fingerprint density at radius 2 is 1.64 bits per heavy atom. The Morgan fingerprint density at radius 3 is 2.36 bits per heavy atom. The quantitative estimate of drug-likeness (QED) is 0.258. The number of para-hydroxylation sites is 1. The second kappa shape index (κ2) is 11.2. The predicted molar refractivity (Wildman–Crippen MR) is 142 cm³/mol. The van der Waals surface area contributed by atoms with Crippen LogP contribution in [0.15, 0.2) is 83.7 Å². The molecule has 3 N–H and O–H groups in total. The molecule has 1 atom stereocenters. The van der Waals surface area contributed by atoms with Crippen LogP contribution in [0.2, 0.25) is 0 Å². The van der Waals surface area contributed by atoms with Crippen molar-refractivity contribution >= 4 is 22.7 Å². The Hall–Kier alpha value is -4.63. The first-order chi connectivity index (χ1) is 17.5. The van der Waals surface area contributed by atoms with E-state index in [9.17, 15) is 14.4 Å². The van der Waals surface area contributed by atoms with Crippen LogP contribution >= 0.6 is 0 Å². The molecule has 1 heterocycles. The molecule has 4 rings (SSSR count). The summed E-state index contributed by atoms with van der Waals surface area (Å²) < 4.78 is 0. The number of benzene rings is 3. The molecule has 6 nitrogen and oxygen atoms in total. The van der Waals surface area contributed by atoms with Crippen molar-refractivity contribution in [1.29, 1.82) is 0 Å². The molecule has 6 heteroatoms. The van der Waals surface area contributed by atoms with E-state index in [1.807, 2.05) is 54.6 Å². The summed E-state index contributed by atoms with van der Waals surface area (Å²) in [6.45, 7) is 2.22. The van der Waals surface area contributed by atoms with Gasteiger partial charge in [-0.1, -0.05) is 54.5 Å². The summed E-state index contributed by atoms with van der Waals surface area (Å²) in [6.07, 6.45) is 6.57. The number of terminal acetylenes is 1. The molecule has 3 aromatic carbocycles. The fraction of sp³-hybridized carbons (Fsp3) is 0.167. The van der Waals surface area contributed by atoms with Gasteiger partial charge < -0.3 is 15.6 Å². The zero-order chi connectivity index (χ0) is 25.5. The van der Waals surface area contributed by atoms with Crippen LogP contribution in [-0.2, 0) is 0 Å². The van der Waals surface area contributed by atoms with Gasteiger partial charge in [0.1, 0.15) is 5.56 Å². The fourth-order valence-corrected chi connectivity index (χ4v) is 4.25. The van der Waals surface area contributed by atoms with Crippen LogP contribution in [0.4, 0.5) is 0 Å². The predicted octanol–water partition coefficient (Wildman–Crippen LogP) is 4.50. The number of nitrogens with one attached hydrogen (secondary N) is 3. The van der Waals surface area contributed by atoms with E-state index >= 15 is 0 Å². The fourth-order valence-electron chi connectivity index (χ4n) is 4.25. The van der Waals surface area contributed by atoms with E-state index in [1.54, 1.807) is 31.2 Å². The standard InChI is InChI=1S/C30H27N3O3/c1-3-21-15-17-23(18-16-21)28(34)31-19-9-14-25(22-10-5-4-6-11-22)32-29(35)27-20(2)24-12-7-8-13-26(24)33-30(27)36/h1,4-8,10-13,15-18,25H,9,14,19H2,2H3,(H,31,34)(H,32,35)(H,33,36). The number of carbonyl (C=O) groups is 2. The highest BCUT2D eigenvalue weighted by atomic mass is 16.2. The molecule has 0 aliphatic carbocycles. The van der Waals surface area contributed by atoms with Crippen molar-refractivity contribution in [3.05, 3.63) is 117 Å². The van der Waals surface area contributed by atoms with Gasteiger partial charge in [-0.15, -0.1) is 6.42 Å². The van der Waals surface area contributed by atoms with Crippen molar-refractivity contribution in [2.75, 3.05) is 6.54 Å². The highest BCUT2D eigenvalue weighted by molar-refractivity contribution is 6.00. The van der Waals surface area contributed by atoms with Gasteiger partial charge in [-0.25, -0.2) is 0 Å². The third-order valence-corrected chi connectivity index (χ3v) is 6.18. The normalized spacial score (nSPS) is 11.4. The van der Waals surface area contributed by atoms with Gasteiger partial charge >= 0.3 is 0 Å². The molecule has 0 saturated carbocycles. The maximum Gasteiger partial charge on any atom is 0.261 e. The summed E-state index contributed by atoms with van der Waals surface area (Å²) in [5.74, 6) is 1.92. The van der Waals surface area contributed by atoms with Crippen LogP contribution in [0.25, 0.3) is 10.9 Å². The molecule has 36 heavy (non-hydrogen) atoms.